The maximum Gasteiger partial charge on any atom is 0.431 e. The highest BCUT2D eigenvalue weighted by atomic mass is 19.4. The molecule has 2 heterocycles. The summed E-state index contributed by atoms with van der Waals surface area (Å²) in [6.45, 7) is 7.82. The van der Waals surface area contributed by atoms with Gasteiger partial charge in [-0.2, -0.15) is 13.2 Å². The van der Waals surface area contributed by atoms with E-state index in [1.54, 1.807) is 0 Å². The smallest absolute Gasteiger partial charge is 0.371 e. The number of ether oxygens (including phenoxy) is 1. The van der Waals surface area contributed by atoms with E-state index in [9.17, 15) is 13.2 Å². The Balaban J connectivity index is 1.82. The zero-order valence-electron chi connectivity index (χ0n) is 15.3. The lowest BCUT2D eigenvalue weighted by molar-refractivity contribution is -0.0950. The molecular weight excluding hydrogens is 355 g/mol. The Morgan fingerprint density at radius 1 is 1.22 bits per heavy atom. The first-order valence-electron chi connectivity index (χ1n) is 9.07. The number of amidine groups is 1. The van der Waals surface area contributed by atoms with Crippen LogP contribution in [0, 0.1) is 5.92 Å². The first-order valence-corrected chi connectivity index (χ1v) is 9.07. The van der Waals surface area contributed by atoms with Crippen molar-refractivity contribution in [1.29, 1.82) is 0 Å². The van der Waals surface area contributed by atoms with Crippen molar-refractivity contribution in [2.75, 3.05) is 19.7 Å². The summed E-state index contributed by atoms with van der Waals surface area (Å²) in [6, 6.07) is 7.44. The lowest BCUT2D eigenvalue weighted by atomic mass is 9.97. The molecule has 2 atom stereocenters. The summed E-state index contributed by atoms with van der Waals surface area (Å²) >= 11 is 0. The van der Waals surface area contributed by atoms with Gasteiger partial charge in [-0.1, -0.05) is 31.2 Å². The highest BCUT2D eigenvalue weighted by molar-refractivity contribution is 5.88. The summed E-state index contributed by atoms with van der Waals surface area (Å²) in [4.78, 5) is 4.45. The van der Waals surface area contributed by atoms with Gasteiger partial charge in [0.1, 0.15) is 11.5 Å². The Morgan fingerprint density at radius 2 is 1.96 bits per heavy atom. The topological polar surface area (TPSA) is 45.7 Å². The van der Waals surface area contributed by atoms with Gasteiger partial charge in [0.15, 0.2) is 0 Å². The van der Waals surface area contributed by atoms with Crippen molar-refractivity contribution in [1.82, 2.24) is 10.6 Å². The number of hydrogen-bond acceptors (Lipinski definition) is 3. The maximum absolute atomic E-state index is 13.3. The highest BCUT2D eigenvalue weighted by Crippen LogP contribution is 2.29. The monoisotopic (exact) mass is 379 g/mol. The average Bonchev–Trinajstić information content (AvgIpc) is 2.64. The summed E-state index contributed by atoms with van der Waals surface area (Å²) in [5.74, 6) is 0.174. The number of nitrogens with zero attached hydrogens (tertiary/aromatic N) is 1. The highest BCUT2D eigenvalue weighted by Gasteiger charge is 2.36. The van der Waals surface area contributed by atoms with Crippen LogP contribution in [0.3, 0.4) is 0 Å². The molecule has 1 fully saturated rings. The van der Waals surface area contributed by atoms with Gasteiger partial charge in [-0.3, -0.25) is 0 Å². The Labute approximate surface area is 157 Å². The number of alkyl halides is 3. The van der Waals surface area contributed by atoms with Gasteiger partial charge < -0.3 is 15.4 Å². The largest absolute Gasteiger partial charge is 0.431 e. The summed E-state index contributed by atoms with van der Waals surface area (Å²) in [7, 11) is 0. The summed E-state index contributed by atoms with van der Waals surface area (Å²) < 4.78 is 45.5. The second-order valence-electron chi connectivity index (χ2n) is 6.93. The predicted octanol–water partition coefficient (Wildman–Crippen LogP) is 4.40. The van der Waals surface area contributed by atoms with Crippen molar-refractivity contribution in [2.24, 2.45) is 10.9 Å². The fourth-order valence-electron chi connectivity index (χ4n) is 3.09. The van der Waals surface area contributed by atoms with E-state index in [4.69, 9.17) is 4.74 Å². The molecule has 0 spiro atoms. The standard InChI is InChI=1S/C20H24F3N3O/c1-13-3-4-14(2)19(26-18(11-13)20(21,22)23)25-16-7-5-15(6-8-16)17-12-24-9-10-27-17/h5-8,11,14,17,24H,1,3-4,9-10,12H2,2H3,(H,25,26)/b18-11-. The number of hydrogen-bond donors (Lipinski definition) is 2. The van der Waals surface area contributed by atoms with Gasteiger partial charge in [0, 0.05) is 19.0 Å². The zero-order valence-corrected chi connectivity index (χ0v) is 15.3. The molecule has 0 saturated carbocycles. The van der Waals surface area contributed by atoms with Gasteiger partial charge in [0.05, 0.1) is 18.4 Å². The third-order valence-corrected chi connectivity index (χ3v) is 4.72. The van der Waals surface area contributed by atoms with Crippen LogP contribution in [0.5, 0.6) is 0 Å². The summed E-state index contributed by atoms with van der Waals surface area (Å²) in [6.07, 6.45) is -2.23. The minimum atomic E-state index is -4.48. The van der Waals surface area contributed by atoms with Gasteiger partial charge in [-0.25, -0.2) is 4.99 Å². The molecule has 146 valence electrons. The second kappa shape index (κ2) is 8.27. The number of benzene rings is 1. The summed E-state index contributed by atoms with van der Waals surface area (Å²) in [5.41, 5.74) is 1.28. The minimum Gasteiger partial charge on any atom is -0.371 e. The molecule has 2 aliphatic heterocycles. The van der Waals surface area contributed by atoms with E-state index in [1.807, 2.05) is 31.2 Å². The van der Waals surface area contributed by atoms with Gasteiger partial charge in [-0.05, 0) is 36.6 Å². The number of aliphatic imine (C=N–C) groups is 1. The number of allylic oxidation sites excluding steroid dienone is 3. The van der Waals surface area contributed by atoms with Crippen LogP contribution in [0.15, 0.2) is 53.2 Å². The van der Waals surface area contributed by atoms with Crippen molar-refractivity contribution in [2.45, 2.75) is 32.0 Å². The Bertz CT molecular complexity index is 732. The normalized spacial score (nSPS) is 28.1. The van der Waals surface area contributed by atoms with E-state index in [0.717, 1.165) is 24.7 Å². The van der Waals surface area contributed by atoms with Crippen LogP contribution in [-0.2, 0) is 4.74 Å². The number of nitrogens with one attached hydrogen (secondary N) is 2. The zero-order chi connectivity index (χ0) is 19.4. The van der Waals surface area contributed by atoms with Crippen LogP contribution in [0.2, 0.25) is 0 Å². The van der Waals surface area contributed by atoms with E-state index in [2.05, 4.69) is 22.2 Å². The van der Waals surface area contributed by atoms with Gasteiger partial charge in [-0.15, -0.1) is 0 Å². The predicted molar refractivity (Wildman–Crippen MR) is 99.9 cm³/mol. The molecule has 2 N–H and O–H groups in total. The lowest BCUT2D eigenvalue weighted by Gasteiger charge is -2.24. The van der Waals surface area contributed by atoms with Crippen molar-refractivity contribution < 1.29 is 17.9 Å². The molecule has 3 rings (SSSR count). The number of halogens is 3. The lowest BCUT2D eigenvalue weighted by Crippen LogP contribution is -2.36. The van der Waals surface area contributed by atoms with Crippen LogP contribution in [0.25, 0.3) is 0 Å². The quantitative estimate of drug-likeness (QED) is 0.801. The number of morpholine rings is 1. The van der Waals surface area contributed by atoms with Crippen molar-refractivity contribution in [3.8, 4) is 0 Å². The second-order valence-corrected chi connectivity index (χ2v) is 6.93. The van der Waals surface area contributed by atoms with Gasteiger partial charge in [0.2, 0.25) is 0 Å². The van der Waals surface area contributed by atoms with Crippen molar-refractivity contribution >= 4 is 11.5 Å². The maximum atomic E-state index is 13.3. The molecule has 27 heavy (non-hydrogen) atoms. The van der Waals surface area contributed by atoms with Crippen LogP contribution in [0.4, 0.5) is 18.9 Å². The summed E-state index contributed by atoms with van der Waals surface area (Å²) in [5, 5.41) is 5.77. The van der Waals surface area contributed by atoms with Crippen LogP contribution < -0.4 is 10.6 Å². The van der Waals surface area contributed by atoms with Gasteiger partial charge in [0.25, 0.3) is 0 Å². The Morgan fingerprint density at radius 3 is 2.59 bits per heavy atom. The molecule has 2 aliphatic rings. The van der Waals surface area contributed by atoms with Crippen LogP contribution in [-0.4, -0.2) is 31.7 Å². The van der Waals surface area contributed by atoms with E-state index in [1.165, 1.54) is 0 Å². The third kappa shape index (κ3) is 5.20. The average molecular weight is 379 g/mol. The molecule has 2 unspecified atom stereocenters. The number of rotatable bonds is 2. The van der Waals surface area contributed by atoms with Crippen LogP contribution in [0.1, 0.15) is 31.4 Å². The van der Waals surface area contributed by atoms with Crippen molar-refractivity contribution in [3.05, 3.63) is 53.8 Å². The molecule has 0 radical (unpaired) electrons. The molecule has 1 saturated heterocycles. The molecule has 1 aromatic carbocycles. The Kier molecular flexibility index (Phi) is 6.01. The first kappa shape index (κ1) is 19.6. The van der Waals surface area contributed by atoms with E-state index in [0.29, 0.717) is 36.5 Å². The fourth-order valence-corrected chi connectivity index (χ4v) is 3.09. The third-order valence-electron chi connectivity index (χ3n) is 4.72. The molecule has 0 amide bonds. The Hall–Kier alpha value is -2.12. The van der Waals surface area contributed by atoms with Crippen LogP contribution >= 0.6 is 0 Å². The molecule has 0 aliphatic carbocycles. The van der Waals surface area contributed by atoms with E-state index in [-0.39, 0.29) is 12.0 Å². The molecule has 0 bridgehead atoms. The molecule has 7 heteroatoms. The molecule has 0 aromatic heterocycles. The first-order chi connectivity index (χ1) is 12.8. The SMILES string of the molecule is C=C1/C=C(/C(F)(F)F)NC(=Nc2ccc(C3CNCCO3)cc2)C(C)CC1. The van der Waals surface area contributed by atoms with E-state index < -0.39 is 11.9 Å². The molecular formula is C20H24F3N3O. The molecule has 4 nitrogen and oxygen atoms in total. The fraction of sp³-hybridized carbons (Fsp3) is 0.450. The van der Waals surface area contributed by atoms with Crippen molar-refractivity contribution in [3.63, 3.8) is 0 Å². The minimum absolute atomic E-state index is 0.00956. The van der Waals surface area contributed by atoms with E-state index >= 15 is 0 Å². The van der Waals surface area contributed by atoms with Gasteiger partial charge >= 0.3 is 6.18 Å². The molecule has 1 aromatic rings.